The summed E-state index contributed by atoms with van der Waals surface area (Å²) in [4.78, 5) is 26.7. The topological polar surface area (TPSA) is 75.2 Å². The second-order valence-electron chi connectivity index (χ2n) is 6.61. The van der Waals surface area contributed by atoms with Crippen LogP contribution in [0.5, 0.6) is 0 Å². The summed E-state index contributed by atoms with van der Waals surface area (Å²) in [6.07, 6.45) is 4.92. The fraction of sp³-hybridized carbons (Fsp3) is 0.474. The zero-order valence-electron chi connectivity index (χ0n) is 15.3. The van der Waals surface area contributed by atoms with E-state index in [4.69, 9.17) is 0 Å². The molecule has 6 nitrogen and oxygen atoms in total. The van der Waals surface area contributed by atoms with Crippen molar-refractivity contribution >= 4 is 28.3 Å². The first kappa shape index (κ1) is 19.4. The molecule has 0 bridgehead atoms. The van der Waals surface area contributed by atoms with Gasteiger partial charge in [-0.15, -0.1) is 10.2 Å². The van der Waals surface area contributed by atoms with E-state index in [1.165, 1.54) is 23.5 Å². The Morgan fingerprint density at radius 2 is 2.04 bits per heavy atom. The van der Waals surface area contributed by atoms with Crippen molar-refractivity contribution in [2.75, 3.05) is 11.9 Å². The lowest BCUT2D eigenvalue weighted by molar-refractivity contribution is -0.136. The third-order valence-corrected chi connectivity index (χ3v) is 5.50. The predicted octanol–water partition coefficient (Wildman–Crippen LogP) is 3.85. The number of anilines is 1. The normalized spacial score (nSPS) is 16.5. The Hall–Kier alpha value is -2.35. The maximum absolute atomic E-state index is 13.0. The average molecular weight is 390 g/mol. The van der Waals surface area contributed by atoms with Gasteiger partial charge in [-0.25, -0.2) is 4.39 Å². The van der Waals surface area contributed by atoms with Gasteiger partial charge in [-0.3, -0.25) is 14.9 Å². The zero-order valence-corrected chi connectivity index (χ0v) is 16.1. The molecule has 1 aliphatic rings. The van der Waals surface area contributed by atoms with Crippen molar-refractivity contribution < 1.29 is 14.0 Å². The number of carbonyl (C=O) groups is 2. The molecule has 2 heterocycles. The molecule has 0 unspecified atom stereocenters. The van der Waals surface area contributed by atoms with Crippen LogP contribution in [-0.2, 0) is 9.59 Å². The quantitative estimate of drug-likeness (QED) is 0.729. The van der Waals surface area contributed by atoms with E-state index in [-0.39, 0.29) is 17.6 Å². The Labute approximate surface area is 161 Å². The molecule has 1 fully saturated rings. The van der Waals surface area contributed by atoms with Gasteiger partial charge in [0, 0.05) is 18.5 Å². The van der Waals surface area contributed by atoms with Gasteiger partial charge < -0.3 is 4.90 Å². The van der Waals surface area contributed by atoms with Crippen LogP contribution in [0.2, 0.25) is 0 Å². The van der Waals surface area contributed by atoms with Crippen molar-refractivity contribution in [1.29, 1.82) is 0 Å². The molecule has 1 aliphatic heterocycles. The maximum atomic E-state index is 13.0. The molecule has 1 atom stereocenters. The molecule has 0 spiro atoms. The second-order valence-corrected chi connectivity index (χ2v) is 7.59. The van der Waals surface area contributed by atoms with Crippen LogP contribution in [0.4, 0.5) is 9.52 Å². The number of likely N-dealkylation sites (tertiary alicyclic amines) is 1. The summed E-state index contributed by atoms with van der Waals surface area (Å²) in [5.74, 6) is -0.495. The number of carbonyl (C=O) groups excluding carboxylic acids is 2. The van der Waals surface area contributed by atoms with Gasteiger partial charge >= 0.3 is 0 Å². The second kappa shape index (κ2) is 9.03. The fourth-order valence-corrected chi connectivity index (χ4v) is 3.93. The Kier molecular flexibility index (Phi) is 6.49. The number of amides is 2. The minimum Gasteiger partial charge on any atom is -0.331 e. The average Bonchev–Trinajstić information content (AvgIpc) is 3.32. The SMILES string of the molecule is CCCCCC(=O)N1CCC[C@@H]1C(=O)Nc1nnc(-c2ccc(F)cc2)s1. The van der Waals surface area contributed by atoms with Crippen LogP contribution in [-0.4, -0.2) is 39.5 Å². The molecule has 144 valence electrons. The zero-order chi connectivity index (χ0) is 19.2. The first-order valence-corrected chi connectivity index (χ1v) is 10.1. The number of unbranched alkanes of at least 4 members (excludes halogenated alkanes) is 2. The van der Waals surface area contributed by atoms with Crippen LogP contribution in [0.15, 0.2) is 24.3 Å². The first-order chi connectivity index (χ1) is 13.1. The Bertz CT molecular complexity index is 793. The highest BCUT2D eigenvalue weighted by Gasteiger charge is 2.34. The molecule has 2 aromatic rings. The molecule has 1 N–H and O–H groups in total. The number of halogens is 1. The molecule has 2 amide bonds. The number of rotatable bonds is 7. The van der Waals surface area contributed by atoms with Gasteiger partial charge in [-0.2, -0.15) is 0 Å². The van der Waals surface area contributed by atoms with Crippen molar-refractivity contribution in [2.24, 2.45) is 0 Å². The third-order valence-electron chi connectivity index (χ3n) is 4.62. The molecule has 3 rings (SSSR count). The molecule has 0 radical (unpaired) electrons. The van der Waals surface area contributed by atoms with Crippen LogP contribution < -0.4 is 5.32 Å². The van der Waals surface area contributed by atoms with E-state index >= 15 is 0 Å². The molecule has 0 saturated carbocycles. The summed E-state index contributed by atoms with van der Waals surface area (Å²) >= 11 is 1.23. The van der Waals surface area contributed by atoms with Gasteiger partial charge in [0.2, 0.25) is 16.9 Å². The van der Waals surface area contributed by atoms with Crippen LogP contribution in [0.1, 0.15) is 45.4 Å². The van der Waals surface area contributed by atoms with E-state index in [9.17, 15) is 14.0 Å². The summed E-state index contributed by atoms with van der Waals surface area (Å²) in [5, 5.41) is 11.8. The smallest absolute Gasteiger partial charge is 0.249 e. The van der Waals surface area contributed by atoms with E-state index < -0.39 is 6.04 Å². The van der Waals surface area contributed by atoms with Crippen LogP contribution >= 0.6 is 11.3 Å². The number of nitrogens with zero attached hydrogens (tertiary/aromatic N) is 3. The van der Waals surface area contributed by atoms with Crippen molar-refractivity contribution in [3.8, 4) is 10.6 Å². The highest BCUT2D eigenvalue weighted by molar-refractivity contribution is 7.18. The van der Waals surface area contributed by atoms with Gasteiger partial charge in [0.25, 0.3) is 0 Å². The van der Waals surface area contributed by atoms with Gasteiger partial charge in [-0.1, -0.05) is 31.1 Å². The van der Waals surface area contributed by atoms with Crippen molar-refractivity contribution in [1.82, 2.24) is 15.1 Å². The fourth-order valence-electron chi connectivity index (χ4n) is 3.18. The number of aromatic nitrogens is 2. The summed E-state index contributed by atoms with van der Waals surface area (Å²) in [5.41, 5.74) is 0.739. The highest BCUT2D eigenvalue weighted by atomic mass is 32.1. The van der Waals surface area contributed by atoms with Crippen LogP contribution in [0.3, 0.4) is 0 Å². The monoisotopic (exact) mass is 390 g/mol. The lowest BCUT2D eigenvalue weighted by Gasteiger charge is -2.23. The van der Waals surface area contributed by atoms with Gasteiger partial charge in [0.05, 0.1) is 0 Å². The van der Waals surface area contributed by atoms with Crippen molar-refractivity contribution in [3.05, 3.63) is 30.1 Å². The standard InChI is InChI=1S/C19H23FN4O2S/c1-2-3-4-7-16(25)24-12-5-6-15(24)17(26)21-19-23-22-18(27-19)13-8-10-14(20)11-9-13/h8-11,15H,2-7,12H2,1H3,(H,21,23,26)/t15-/m1/s1. The number of benzene rings is 1. The lowest BCUT2D eigenvalue weighted by Crippen LogP contribution is -2.43. The van der Waals surface area contributed by atoms with Crippen molar-refractivity contribution in [3.63, 3.8) is 0 Å². The highest BCUT2D eigenvalue weighted by Crippen LogP contribution is 2.27. The van der Waals surface area contributed by atoms with E-state index in [1.54, 1.807) is 17.0 Å². The Morgan fingerprint density at radius 1 is 1.26 bits per heavy atom. The minimum atomic E-state index is -0.447. The molecule has 8 heteroatoms. The summed E-state index contributed by atoms with van der Waals surface area (Å²) in [7, 11) is 0. The van der Waals surface area contributed by atoms with Gasteiger partial charge in [-0.05, 0) is 43.5 Å². The summed E-state index contributed by atoms with van der Waals surface area (Å²) in [6, 6.07) is 5.51. The molecular formula is C19H23FN4O2S. The predicted molar refractivity (Wildman–Crippen MR) is 103 cm³/mol. The van der Waals surface area contributed by atoms with E-state index in [2.05, 4.69) is 22.4 Å². The molecule has 0 aliphatic carbocycles. The van der Waals surface area contributed by atoms with E-state index in [0.29, 0.717) is 29.5 Å². The van der Waals surface area contributed by atoms with E-state index in [1.807, 2.05) is 0 Å². The summed E-state index contributed by atoms with van der Waals surface area (Å²) in [6.45, 7) is 2.72. The largest absolute Gasteiger partial charge is 0.331 e. The molecule has 1 aromatic carbocycles. The lowest BCUT2D eigenvalue weighted by atomic mass is 10.1. The molecule has 1 aromatic heterocycles. The Balaban J connectivity index is 1.61. The number of hydrogen-bond donors (Lipinski definition) is 1. The molecule has 27 heavy (non-hydrogen) atoms. The Morgan fingerprint density at radius 3 is 2.78 bits per heavy atom. The third kappa shape index (κ3) is 4.88. The molecule has 1 saturated heterocycles. The number of nitrogens with one attached hydrogen (secondary N) is 1. The summed E-state index contributed by atoms with van der Waals surface area (Å²) < 4.78 is 13.0. The maximum Gasteiger partial charge on any atom is 0.249 e. The first-order valence-electron chi connectivity index (χ1n) is 9.28. The number of hydrogen-bond acceptors (Lipinski definition) is 5. The van der Waals surface area contributed by atoms with Gasteiger partial charge in [0.1, 0.15) is 16.9 Å². The van der Waals surface area contributed by atoms with Gasteiger partial charge in [0.15, 0.2) is 0 Å². The van der Waals surface area contributed by atoms with E-state index in [0.717, 1.165) is 31.2 Å². The van der Waals surface area contributed by atoms with Crippen LogP contribution in [0.25, 0.3) is 10.6 Å². The van der Waals surface area contributed by atoms with Crippen molar-refractivity contribution in [2.45, 2.75) is 51.5 Å². The van der Waals surface area contributed by atoms with Crippen LogP contribution in [0, 0.1) is 5.82 Å². The minimum absolute atomic E-state index is 0.0466. The molecular weight excluding hydrogens is 367 g/mol.